The van der Waals surface area contributed by atoms with Crippen LogP contribution in [0.3, 0.4) is 0 Å². The molecule has 0 radical (unpaired) electrons. The molecular weight excluding hydrogens is 406 g/mol. The fourth-order valence-electron chi connectivity index (χ4n) is 3.29. The summed E-state index contributed by atoms with van der Waals surface area (Å²) in [5.41, 5.74) is 4.55. The van der Waals surface area contributed by atoms with Crippen molar-refractivity contribution in [3.05, 3.63) is 90.1 Å². The molecule has 0 saturated heterocycles. The maximum Gasteiger partial charge on any atom is 0.234 e. The number of amides is 1. The number of hydrogen-bond acceptors (Lipinski definition) is 5. The number of nitrogens with one attached hydrogen (secondary N) is 1. The molecule has 1 aromatic heterocycles. The summed E-state index contributed by atoms with van der Waals surface area (Å²) >= 11 is 1.53. The first-order valence-electron chi connectivity index (χ1n) is 9.91. The number of para-hydroxylation sites is 1. The molecule has 3 aromatic carbocycles. The molecule has 5 nitrogen and oxygen atoms in total. The fourth-order valence-corrected chi connectivity index (χ4v) is 4.13. The van der Waals surface area contributed by atoms with E-state index in [1.165, 1.54) is 11.8 Å². The standard InChI is InChI=1S/C25H19N3O2S/c29-25-16-31-24-13-19(9-12-23(24)28-25)26-14-17-5-10-21(11-6-17)30-15-20-8-7-18-3-1-2-4-22(18)27-20/h1-14H,15-16H2,(H,28,29). The summed E-state index contributed by atoms with van der Waals surface area (Å²) in [5.74, 6) is 1.26. The van der Waals surface area contributed by atoms with E-state index in [2.05, 4.69) is 21.4 Å². The van der Waals surface area contributed by atoms with Gasteiger partial charge in [0, 0.05) is 16.5 Å². The molecule has 5 rings (SSSR count). The lowest BCUT2D eigenvalue weighted by Crippen LogP contribution is -2.18. The van der Waals surface area contributed by atoms with E-state index in [1.54, 1.807) is 0 Å². The monoisotopic (exact) mass is 425 g/mol. The highest BCUT2D eigenvalue weighted by Crippen LogP contribution is 2.34. The van der Waals surface area contributed by atoms with Gasteiger partial charge in [-0.3, -0.25) is 9.79 Å². The largest absolute Gasteiger partial charge is 0.487 e. The van der Waals surface area contributed by atoms with E-state index in [-0.39, 0.29) is 5.91 Å². The molecule has 0 saturated carbocycles. The lowest BCUT2D eigenvalue weighted by atomic mass is 10.2. The Morgan fingerprint density at radius 2 is 1.90 bits per heavy atom. The fraction of sp³-hybridized carbons (Fsp3) is 0.0800. The van der Waals surface area contributed by atoms with Crippen LogP contribution in [0.5, 0.6) is 5.75 Å². The van der Waals surface area contributed by atoms with Crippen LogP contribution in [0.2, 0.25) is 0 Å². The highest BCUT2D eigenvalue weighted by molar-refractivity contribution is 8.00. The normalized spacial score (nSPS) is 13.2. The minimum atomic E-state index is 0.0347. The van der Waals surface area contributed by atoms with Crippen LogP contribution < -0.4 is 10.1 Å². The third-order valence-electron chi connectivity index (χ3n) is 4.88. The van der Waals surface area contributed by atoms with Crippen molar-refractivity contribution >= 4 is 46.2 Å². The van der Waals surface area contributed by atoms with Gasteiger partial charge in [0.25, 0.3) is 0 Å². The molecule has 2 heterocycles. The van der Waals surface area contributed by atoms with E-state index in [0.29, 0.717) is 12.4 Å². The molecule has 0 aliphatic carbocycles. The van der Waals surface area contributed by atoms with Crippen molar-refractivity contribution in [2.75, 3.05) is 11.1 Å². The highest BCUT2D eigenvalue weighted by atomic mass is 32.2. The first-order chi connectivity index (χ1) is 15.2. The Morgan fingerprint density at radius 1 is 1.03 bits per heavy atom. The number of rotatable bonds is 5. The zero-order chi connectivity index (χ0) is 21.0. The van der Waals surface area contributed by atoms with Crippen LogP contribution >= 0.6 is 11.8 Å². The minimum Gasteiger partial charge on any atom is -0.487 e. The van der Waals surface area contributed by atoms with Crippen molar-refractivity contribution in [2.24, 2.45) is 4.99 Å². The Bertz CT molecular complexity index is 1290. The molecular formula is C25H19N3O2S. The number of fused-ring (bicyclic) bond motifs is 2. The molecule has 1 amide bonds. The van der Waals surface area contributed by atoms with Gasteiger partial charge in [0.1, 0.15) is 12.4 Å². The summed E-state index contributed by atoms with van der Waals surface area (Å²) in [6, 6.07) is 25.7. The van der Waals surface area contributed by atoms with Gasteiger partial charge in [-0.2, -0.15) is 0 Å². The van der Waals surface area contributed by atoms with Gasteiger partial charge in [-0.1, -0.05) is 24.3 Å². The van der Waals surface area contributed by atoms with Gasteiger partial charge in [-0.05, 0) is 60.2 Å². The lowest BCUT2D eigenvalue weighted by Gasteiger charge is -2.15. The minimum absolute atomic E-state index is 0.0347. The summed E-state index contributed by atoms with van der Waals surface area (Å²) in [5, 5.41) is 3.99. The summed E-state index contributed by atoms with van der Waals surface area (Å²) in [7, 11) is 0. The number of carbonyl (C=O) groups excluding carboxylic acids is 1. The average molecular weight is 426 g/mol. The smallest absolute Gasteiger partial charge is 0.234 e. The van der Waals surface area contributed by atoms with Crippen LogP contribution in [0.4, 0.5) is 11.4 Å². The topological polar surface area (TPSA) is 63.6 Å². The first kappa shape index (κ1) is 19.3. The van der Waals surface area contributed by atoms with E-state index >= 15 is 0 Å². The summed E-state index contributed by atoms with van der Waals surface area (Å²) in [6.45, 7) is 0.418. The van der Waals surface area contributed by atoms with Gasteiger partial charge in [0.15, 0.2) is 0 Å². The maximum atomic E-state index is 11.5. The number of ether oxygens (including phenoxy) is 1. The van der Waals surface area contributed by atoms with Crippen molar-refractivity contribution in [1.29, 1.82) is 0 Å². The van der Waals surface area contributed by atoms with E-state index < -0.39 is 0 Å². The van der Waals surface area contributed by atoms with Crippen molar-refractivity contribution in [1.82, 2.24) is 4.98 Å². The molecule has 152 valence electrons. The number of hydrogen-bond donors (Lipinski definition) is 1. The number of pyridine rings is 1. The third kappa shape index (κ3) is 4.59. The SMILES string of the molecule is O=C1CSc2cc(N=Cc3ccc(OCc4ccc5ccccc5n4)cc3)ccc2N1. The van der Waals surface area contributed by atoms with Crippen LogP contribution in [0.25, 0.3) is 10.9 Å². The summed E-state index contributed by atoms with van der Waals surface area (Å²) in [4.78, 5) is 21.7. The number of aliphatic imine (C=N–C) groups is 1. The second kappa shape index (κ2) is 8.62. The van der Waals surface area contributed by atoms with Crippen molar-refractivity contribution < 1.29 is 9.53 Å². The highest BCUT2D eigenvalue weighted by Gasteiger charge is 2.15. The van der Waals surface area contributed by atoms with Crippen molar-refractivity contribution in [3.8, 4) is 5.75 Å². The Hall–Kier alpha value is -3.64. The maximum absolute atomic E-state index is 11.5. The Labute approximate surface area is 184 Å². The number of thioether (sulfide) groups is 1. The number of nitrogens with zero attached hydrogens (tertiary/aromatic N) is 2. The van der Waals surface area contributed by atoms with E-state index in [1.807, 2.05) is 79.0 Å². The zero-order valence-corrected chi connectivity index (χ0v) is 17.4. The quantitative estimate of drug-likeness (QED) is 0.422. The third-order valence-corrected chi connectivity index (χ3v) is 5.94. The molecule has 4 aromatic rings. The van der Waals surface area contributed by atoms with Gasteiger partial charge < -0.3 is 10.1 Å². The summed E-state index contributed by atoms with van der Waals surface area (Å²) < 4.78 is 5.89. The number of benzene rings is 3. The second-order valence-corrected chi connectivity index (χ2v) is 8.15. The Kier molecular flexibility index (Phi) is 5.37. The van der Waals surface area contributed by atoms with Crippen LogP contribution in [0, 0.1) is 0 Å². The zero-order valence-electron chi connectivity index (χ0n) is 16.6. The van der Waals surface area contributed by atoms with Crippen molar-refractivity contribution in [2.45, 2.75) is 11.5 Å². The molecule has 0 bridgehead atoms. The van der Waals surface area contributed by atoms with E-state index in [9.17, 15) is 4.79 Å². The van der Waals surface area contributed by atoms with Gasteiger partial charge in [0.05, 0.1) is 28.3 Å². The number of anilines is 1. The number of carbonyl (C=O) groups is 1. The first-order valence-corrected chi connectivity index (χ1v) is 10.9. The predicted octanol–water partition coefficient (Wildman–Crippen LogP) is 5.61. The van der Waals surface area contributed by atoms with Gasteiger partial charge in [0.2, 0.25) is 5.91 Å². The Balaban J connectivity index is 1.22. The van der Waals surface area contributed by atoms with Crippen LogP contribution in [-0.4, -0.2) is 22.9 Å². The molecule has 0 fully saturated rings. The molecule has 6 heteroatoms. The molecule has 1 N–H and O–H groups in total. The molecule has 0 unspecified atom stereocenters. The molecule has 1 aliphatic rings. The van der Waals surface area contributed by atoms with Crippen LogP contribution in [0.15, 0.2) is 88.8 Å². The van der Waals surface area contributed by atoms with E-state index in [0.717, 1.165) is 44.2 Å². The van der Waals surface area contributed by atoms with E-state index in [4.69, 9.17) is 4.74 Å². The second-order valence-electron chi connectivity index (χ2n) is 7.13. The average Bonchev–Trinajstić information content (AvgIpc) is 2.82. The predicted molar refractivity (Wildman–Crippen MR) is 126 cm³/mol. The molecule has 31 heavy (non-hydrogen) atoms. The van der Waals surface area contributed by atoms with Gasteiger partial charge in [-0.15, -0.1) is 11.8 Å². The van der Waals surface area contributed by atoms with Crippen LogP contribution in [0.1, 0.15) is 11.3 Å². The Morgan fingerprint density at radius 3 is 2.81 bits per heavy atom. The van der Waals surface area contributed by atoms with Crippen LogP contribution in [-0.2, 0) is 11.4 Å². The molecule has 1 aliphatic heterocycles. The number of aromatic nitrogens is 1. The molecule has 0 spiro atoms. The van der Waals surface area contributed by atoms with Crippen molar-refractivity contribution in [3.63, 3.8) is 0 Å². The van der Waals surface area contributed by atoms with Gasteiger partial charge >= 0.3 is 0 Å². The van der Waals surface area contributed by atoms with Gasteiger partial charge in [-0.25, -0.2) is 4.98 Å². The lowest BCUT2D eigenvalue weighted by molar-refractivity contribution is -0.113. The summed E-state index contributed by atoms with van der Waals surface area (Å²) in [6.07, 6.45) is 1.82. The molecule has 0 atom stereocenters.